The summed E-state index contributed by atoms with van der Waals surface area (Å²) in [5.41, 5.74) is 1.99. The largest absolute Gasteiger partial charge is 0.490 e. The third-order valence-corrected chi connectivity index (χ3v) is 5.37. The number of rotatable bonds is 6. The van der Waals surface area contributed by atoms with Crippen LogP contribution in [0.15, 0.2) is 18.2 Å². The van der Waals surface area contributed by atoms with Crippen LogP contribution in [0.1, 0.15) is 11.4 Å². The van der Waals surface area contributed by atoms with Gasteiger partial charge < -0.3 is 25.0 Å². The number of nitrogens with zero attached hydrogens (tertiary/aromatic N) is 3. The number of amides is 1. The van der Waals surface area contributed by atoms with Crippen LogP contribution in [0, 0.1) is 6.92 Å². The highest BCUT2D eigenvalue weighted by molar-refractivity contribution is 5.82. The van der Waals surface area contributed by atoms with Gasteiger partial charge in [-0.2, -0.15) is 26.3 Å². The van der Waals surface area contributed by atoms with E-state index in [1.165, 1.54) is 0 Å². The number of pyridine rings is 1. The first kappa shape index (κ1) is 34.0. The third-order valence-electron chi connectivity index (χ3n) is 5.37. The molecule has 0 aliphatic carbocycles. The number of carbonyl (C=O) groups excluding carboxylic acids is 1. The number of hydrogen-bond acceptors (Lipinski definition) is 8. The number of aliphatic carboxylic acids is 2. The summed E-state index contributed by atoms with van der Waals surface area (Å²) >= 11 is 0. The van der Waals surface area contributed by atoms with E-state index in [2.05, 4.69) is 26.2 Å². The molecule has 2 fully saturated rings. The van der Waals surface area contributed by atoms with E-state index in [1.807, 2.05) is 26.1 Å². The van der Waals surface area contributed by atoms with E-state index >= 15 is 0 Å². The Morgan fingerprint density at radius 2 is 1.64 bits per heavy atom. The number of halogens is 6. The van der Waals surface area contributed by atoms with Gasteiger partial charge in [-0.15, -0.1) is 0 Å². The Labute approximate surface area is 219 Å². The molecule has 2 saturated heterocycles. The first-order chi connectivity index (χ1) is 17.9. The van der Waals surface area contributed by atoms with Crippen molar-refractivity contribution in [1.82, 2.24) is 20.1 Å². The van der Waals surface area contributed by atoms with Crippen molar-refractivity contribution in [3.63, 3.8) is 0 Å². The van der Waals surface area contributed by atoms with Gasteiger partial charge >= 0.3 is 24.3 Å². The average Bonchev–Trinajstić information content (AvgIpc) is 2.78. The molecule has 2 aliphatic heterocycles. The van der Waals surface area contributed by atoms with Gasteiger partial charge in [-0.25, -0.2) is 9.59 Å². The fraction of sp³-hybridized carbons (Fsp3) is 0.636. The van der Waals surface area contributed by atoms with Gasteiger partial charge in [-0.1, -0.05) is 6.07 Å². The van der Waals surface area contributed by atoms with Gasteiger partial charge in [-0.3, -0.25) is 19.6 Å². The van der Waals surface area contributed by atoms with Gasteiger partial charge in [0.15, 0.2) is 0 Å². The molecular formula is C22H30F6N4O7. The maximum atomic E-state index is 12.2. The lowest BCUT2D eigenvalue weighted by molar-refractivity contribution is -0.199. The molecule has 1 spiro atoms. The van der Waals surface area contributed by atoms with Crippen LogP contribution in [0.3, 0.4) is 0 Å². The zero-order valence-electron chi connectivity index (χ0n) is 21.3. The monoisotopic (exact) mass is 576 g/mol. The Kier molecular flexibility index (Phi) is 12.5. The lowest BCUT2D eigenvalue weighted by Crippen LogP contribution is -2.72. The topological polar surface area (TPSA) is 142 Å². The Morgan fingerprint density at radius 1 is 1.10 bits per heavy atom. The number of carbonyl (C=O) groups is 3. The highest BCUT2D eigenvalue weighted by Crippen LogP contribution is 2.31. The van der Waals surface area contributed by atoms with Crippen LogP contribution >= 0.6 is 0 Å². The number of alkyl halides is 6. The number of likely N-dealkylation sites (tertiary alicyclic amines) is 1. The number of nitrogens with one attached hydrogen (secondary N) is 1. The van der Waals surface area contributed by atoms with Gasteiger partial charge in [0.05, 0.1) is 18.9 Å². The molecule has 0 radical (unpaired) electrons. The molecule has 3 N–H and O–H groups in total. The third kappa shape index (κ3) is 11.7. The van der Waals surface area contributed by atoms with Crippen molar-refractivity contribution in [2.75, 3.05) is 53.6 Å². The molecular weight excluding hydrogens is 546 g/mol. The molecule has 0 saturated carbocycles. The van der Waals surface area contributed by atoms with E-state index in [9.17, 15) is 31.1 Å². The van der Waals surface area contributed by atoms with Crippen LogP contribution in [0.4, 0.5) is 26.3 Å². The minimum Gasteiger partial charge on any atom is -0.475 e. The Hall–Kier alpha value is -3.02. The van der Waals surface area contributed by atoms with Crippen LogP contribution < -0.4 is 5.32 Å². The van der Waals surface area contributed by atoms with Crippen LogP contribution in [0.2, 0.25) is 0 Å². The van der Waals surface area contributed by atoms with Crippen molar-refractivity contribution in [3.05, 3.63) is 29.6 Å². The predicted molar refractivity (Wildman–Crippen MR) is 122 cm³/mol. The highest BCUT2D eigenvalue weighted by atomic mass is 19.4. The first-order valence-corrected chi connectivity index (χ1v) is 11.3. The van der Waals surface area contributed by atoms with Gasteiger partial charge in [0.1, 0.15) is 11.6 Å². The highest BCUT2D eigenvalue weighted by Gasteiger charge is 2.49. The summed E-state index contributed by atoms with van der Waals surface area (Å²) in [5.74, 6) is -5.51. The maximum absolute atomic E-state index is 12.2. The van der Waals surface area contributed by atoms with Crippen LogP contribution in [-0.4, -0.2) is 120 Å². The predicted octanol–water partition coefficient (Wildman–Crippen LogP) is 1.30. The molecule has 0 bridgehead atoms. The minimum atomic E-state index is -5.08. The van der Waals surface area contributed by atoms with E-state index in [1.54, 1.807) is 7.11 Å². The molecule has 1 unspecified atom stereocenters. The Morgan fingerprint density at radius 3 is 2.08 bits per heavy atom. The van der Waals surface area contributed by atoms with Gasteiger partial charge in [0.25, 0.3) is 0 Å². The number of likely N-dealkylation sites (N-methyl/N-ethyl adjacent to an activating group) is 1. The molecule has 2 aliphatic rings. The number of ether oxygens (including phenoxy) is 2. The summed E-state index contributed by atoms with van der Waals surface area (Å²) in [6.45, 7) is 6.88. The van der Waals surface area contributed by atoms with Gasteiger partial charge in [0.2, 0.25) is 5.91 Å². The molecule has 11 nitrogen and oxygen atoms in total. The second-order valence-electron chi connectivity index (χ2n) is 8.73. The molecule has 1 atom stereocenters. The number of methoxy groups -OCH3 is 1. The first-order valence-electron chi connectivity index (χ1n) is 11.3. The van der Waals surface area contributed by atoms with Crippen LogP contribution in [-0.2, 0) is 30.4 Å². The summed E-state index contributed by atoms with van der Waals surface area (Å²) in [5, 5.41) is 17.1. The van der Waals surface area contributed by atoms with E-state index in [4.69, 9.17) is 29.3 Å². The van der Waals surface area contributed by atoms with Gasteiger partial charge in [0, 0.05) is 45.5 Å². The number of aromatic nitrogens is 1. The fourth-order valence-corrected chi connectivity index (χ4v) is 3.65. The Bertz CT molecular complexity index is 947. The molecule has 17 heteroatoms. The van der Waals surface area contributed by atoms with Gasteiger partial charge in [-0.05, 0) is 26.1 Å². The smallest absolute Gasteiger partial charge is 0.475 e. The molecule has 1 aromatic rings. The molecule has 0 aromatic carbocycles. The number of carboxylic acid groups (broad SMARTS) is 2. The van der Waals surface area contributed by atoms with Crippen molar-refractivity contribution in [2.45, 2.75) is 37.5 Å². The van der Waals surface area contributed by atoms with E-state index in [0.717, 1.165) is 37.6 Å². The average molecular weight is 576 g/mol. The lowest BCUT2D eigenvalue weighted by atomic mass is 9.90. The van der Waals surface area contributed by atoms with Crippen molar-refractivity contribution in [2.24, 2.45) is 0 Å². The van der Waals surface area contributed by atoms with Crippen molar-refractivity contribution in [1.29, 1.82) is 0 Å². The molecule has 39 heavy (non-hydrogen) atoms. The van der Waals surface area contributed by atoms with E-state index < -0.39 is 24.3 Å². The number of carboxylic acids is 2. The van der Waals surface area contributed by atoms with Crippen molar-refractivity contribution >= 4 is 17.8 Å². The van der Waals surface area contributed by atoms with Crippen molar-refractivity contribution in [3.8, 4) is 0 Å². The SMILES string of the molecule is COCCNC(=O)C1COC2(CN(Cc3cccc(C)n3)C2)CN1C.O=C(O)C(F)(F)F.O=C(O)C(F)(F)F. The number of aryl methyl sites for hydroxylation is 1. The standard InChI is InChI=1S/C18H28N4O3.2C2HF3O2/c1-14-5-4-6-15(20-14)9-22-12-18(13-22)11-21(2)16(10-25-18)17(23)19-7-8-24-3;2*3-2(4,5)1(6)7/h4-6,16H,7-13H2,1-3H3,(H,19,23);2*(H,6,7). The zero-order valence-corrected chi connectivity index (χ0v) is 21.3. The molecule has 1 amide bonds. The summed E-state index contributed by atoms with van der Waals surface area (Å²) in [7, 11) is 3.62. The van der Waals surface area contributed by atoms with Crippen LogP contribution in [0.25, 0.3) is 0 Å². The molecule has 3 heterocycles. The van der Waals surface area contributed by atoms with Crippen molar-refractivity contribution < 1.29 is 60.4 Å². The number of morpholine rings is 1. The molecule has 3 rings (SSSR count). The zero-order chi connectivity index (χ0) is 30.0. The van der Waals surface area contributed by atoms with E-state index in [-0.39, 0.29) is 17.6 Å². The molecule has 222 valence electrons. The quantitative estimate of drug-likeness (QED) is 0.335. The summed E-state index contributed by atoms with van der Waals surface area (Å²) in [4.78, 5) is 39.0. The summed E-state index contributed by atoms with van der Waals surface area (Å²) in [6.07, 6.45) is -10.2. The summed E-state index contributed by atoms with van der Waals surface area (Å²) in [6, 6.07) is 5.89. The lowest BCUT2D eigenvalue weighted by Gasteiger charge is -2.54. The second kappa shape index (κ2) is 14.4. The second-order valence-corrected chi connectivity index (χ2v) is 8.73. The van der Waals surface area contributed by atoms with E-state index in [0.29, 0.717) is 19.8 Å². The molecule has 1 aromatic heterocycles. The van der Waals surface area contributed by atoms with Crippen LogP contribution in [0.5, 0.6) is 0 Å². The normalized spacial score (nSPS) is 19.1. The maximum Gasteiger partial charge on any atom is 0.490 e. The minimum absolute atomic E-state index is 0.00883. The Balaban J connectivity index is 0.000000449. The fourth-order valence-electron chi connectivity index (χ4n) is 3.65. The summed E-state index contributed by atoms with van der Waals surface area (Å²) < 4.78 is 74.5. The number of hydrogen-bond donors (Lipinski definition) is 3.